The molecule has 4 N–H and O–H groups in total. The molecule has 1 atom stereocenters. The molecule has 0 spiro atoms. The van der Waals surface area contributed by atoms with Crippen molar-refractivity contribution in [3.8, 4) is 11.3 Å². The van der Waals surface area contributed by atoms with Crippen LogP contribution in [0.25, 0.3) is 11.3 Å². The lowest BCUT2D eigenvalue weighted by atomic mass is 10.1. The maximum absolute atomic E-state index is 12.9. The standard InChI is InChI=1S/C28H35N7O2/c1-3-30-26-24(27(36)31-15-17-35-16-5-6-20(35)2)12-13-25(34-26)22-8-10-23(11-9-22)33-28(37)32-19-21-7-4-14-29-18-21/h4,7-14,18,20H,3,5-6,15-17,19H2,1-2H3,(H,30,34)(H,31,36)(H2,32,33,37). The van der Waals surface area contributed by atoms with Crippen molar-refractivity contribution in [2.24, 2.45) is 0 Å². The number of aromatic nitrogens is 2. The first-order chi connectivity index (χ1) is 18.0. The topological polar surface area (TPSA) is 111 Å². The van der Waals surface area contributed by atoms with Gasteiger partial charge in [0.05, 0.1) is 11.3 Å². The maximum atomic E-state index is 12.9. The summed E-state index contributed by atoms with van der Waals surface area (Å²) in [6.45, 7) is 7.83. The van der Waals surface area contributed by atoms with E-state index in [0.29, 0.717) is 42.7 Å². The van der Waals surface area contributed by atoms with Crippen LogP contribution in [0.3, 0.4) is 0 Å². The smallest absolute Gasteiger partial charge is 0.319 e. The number of urea groups is 1. The summed E-state index contributed by atoms with van der Waals surface area (Å²) in [7, 11) is 0. The van der Waals surface area contributed by atoms with E-state index in [4.69, 9.17) is 4.98 Å². The molecule has 3 amide bonds. The number of nitrogens with zero attached hydrogens (tertiary/aromatic N) is 3. The minimum atomic E-state index is -0.293. The monoisotopic (exact) mass is 501 g/mol. The van der Waals surface area contributed by atoms with E-state index in [-0.39, 0.29) is 11.9 Å². The highest BCUT2D eigenvalue weighted by atomic mass is 16.2. The van der Waals surface area contributed by atoms with Gasteiger partial charge in [0.25, 0.3) is 5.91 Å². The third kappa shape index (κ3) is 7.27. The van der Waals surface area contributed by atoms with E-state index >= 15 is 0 Å². The fraction of sp³-hybridized carbons (Fsp3) is 0.357. The summed E-state index contributed by atoms with van der Waals surface area (Å²) in [5.41, 5.74) is 3.75. The van der Waals surface area contributed by atoms with Gasteiger partial charge in [-0.25, -0.2) is 9.78 Å². The molecule has 2 aromatic heterocycles. The molecule has 1 aliphatic heterocycles. The van der Waals surface area contributed by atoms with Gasteiger partial charge in [0.2, 0.25) is 0 Å². The normalized spacial score (nSPS) is 15.2. The fourth-order valence-electron chi connectivity index (χ4n) is 4.42. The minimum absolute atomic E-state index is 0.126. The first-order valence-corrected chi connectivity index (χ1v) is 12.8. The molecule has 1 aliphatic rings. The molecule has 0 bridgehead atoms. The molecule has 3 heterocycles. The van der Waals surface area contributed by atoms with Crippen LogP contribution in [0.4, 0.5) is 16.3 Å². The van der Waals surface area contributed by atoms with E-state index in [2.05, 4.69) is 38.1 Å². The van der Waals surface area contributed by atoms with E-state index in [1.54, 1.807) is 12.4 Å². The van der Waals surface area contributed by atoms with Crippen LogP contribution in [0, 0.1) is 0 Å². The highest BCUT2D eigenvalue weighted by Crippen LogP contribution is 2.24. The van der Waals surface area contributed by atoms with Crippen LogP contribution >= 0.6 is 0 Å². The second kappa shape index (κ2) is 12.8. The predicted octanol–water partition coefficient (Wildman–Crippen LogP) is 4.11. The van der Waals surface area contributed by atoms with Gasteiger partial charge in [0.1, 0.15) is 5.82 Å². The first-order valence-electron chi connectivity index (χ1n) is 12.8. The summed E-state index contributed by atoms with van der Waals surface area (Å²) in [5.74, 6) is 0.433. The molecule has 1 saturated heterocycles. The van der Waals surface area contributed by atoms with Crippen LogP contribution in [-0.2, 0) is 6.54 Å². The Kier molecular flexibility index (Phi) is 9.04. The lowest BCUT2D eigenvalue weighted by Gasteiger charge is -2.21. The average Bonchev–Trinajstić information content (AvgIpc) is 3.33. The number of hydrogen-bond donors (Lipinski definition) is 4. The van der Waals surface area contributed by atoms with Crippen molar-refractivity contribution >= 4 is 23.4 Å². The number of carbonyl (C=O) groups excluding carboxylic acids is 2. The number of anilines is 2. The van der Waals surface area contributed by atoms with Crippen molar-refractivity contribution in [1.82, 2.24) is 25.5 Å². The fourth-order valence-corrected chi connectivity index (χ4v) is 4.42. The lowest BCUT2D eigenvalue weighted by molar-refractivity contribution is 0.0948. The van der Waals surface area contributed by atoms with Crippen molar-refractivity contribution in [3.05, 3.63) is 72.1 Å². The Bertz CT molecular complexity index is 1180. The van der Waals surface area contributed by atoms with E-state index in [1.807, 2.05) is 55.5 Å². The molecule has 9 heteroatoms. The molecule has 1 fully saturated rings. The number of benzene rings is 1. The molecule has 194 valence electrons. The van der Waals surface area contributed by atoms with Gasteiger partial charge in [-0.3, -0.25) is 14.7 Å². The zero-order chi connectivity index (χ0) is 26.0. The molecule has 1 unspecified atom stereocenters. The van der Waals surface area contributed by atoms with E-state index in [1.165, 1.54) is 12.8 Å². The molecular weight excluding hydrogens is 466 g/mol. The van der Waals surface area contributed by atoms with Gasteiger partial charge in [0, 0.05) is 55.9 Å². The van der Waals surface area contributed by atoms with E-state index in [9.17, 15) is 9.59 Å². The molecule has 0 radical (unpaired) electrons. The maximum Gasteiger partial charge on any atom is 0.319 e. The van der Waals surface area contributed by atoms with Crippen molar-refractivity contribution in [1.29, 1.82) is 0 Å². The summed E-state index contributed by atoms with van der Waals surface area (Å²) >= 11 is 0. The van der Waals surface area contributed by atoms with E-state index < -0.39 is 0 Å². The predicted molar refractivity (Wildman–Crippen MR) is 147 cm³/mol. The Morgan fingerprint density at radius 2 is 1.92 bits per heavy atom. The highest BCUT2D eigenvalue weighted by Gasteiger charge is 2.20. The molecule has 3 aromatic rings. The quantitative estimate of drug-likeness (QED) is 0.333. The molecular formula is C28H35N7O2. The van der Waals surface area contributed by atoms with Crippen LogP contribution in [-0.4, -0.2) is 59.0 Å². The van der Waals surface area contributed by atoms with Crippen LogP contribution in [0.1, 0.15) is 42.6 Å². The minimum Gasteiger partial charge on any atom is -0.370 e. The number of pyridine rings is 2. The van der Waals surface area contributed by atoms with Crippen LogP contribution in [0.15, 0.2) is 60.9 Å². The third-order valence-corrected chi connectivity index (χ3v) is 6.47. The number of carbonyl (C=O) groups is 2. The summed E-state index contributed by atoms with van der Waals surface area (Å²) in [5, 5.41) is 11.9. The zero-order valence-electron chi connectivity index (χ0n) is 21.5. The third-order valence-electron chi connectivity index (χ3n) is 6.47. The van der Waals surface area contributed by atoms with E-state index in [0.717, 1.165) is 29.9 Å². The molecule has 1 aromatic carbocycles. The number of hydrogen-bond acceptors (Lipinski definition) is 6. The summed E-state index contributed by atoms with van der Waals surface area (Å²) in [6.07, 6.45) is 5.86. The lowest BCUT2D eigenvalue weighted by Crippen LogP contribution is -2.36. The van der Waals surface area contributed by atoms with Crippen LogP contribution in [0.2, 0.25) is 0 Å². The van der Waals surface area contributed by atoms with Crippen LogP contribution in [0.5, 0.6) is 0 Å². The summed E-state index contributed by atoms with van der Waals surface area (Å²) < 4.78 is 0. The van der Waals surface area contributed by atoms with Crippen molar-refractivity contribution in [2.75, 3.05) is 36.8 Å². The van der Waals surface area contributed by atoms with Gasteiger partial charge in [-0.15, -0.1) is 0 Å². The second-order valence-corrected chi connectivity index (χ2v) is 9.15. The van der Waals surface area contributed by atoms with Crippen molar-refractivity contribution in [3.63, 3.8) is 0 Å². The van der Waals surface area contributed by atoms with Crippen LogP contribution < -0.4 is 21.3 Å². The first kappa shape index (κ1) is 26.1. The average molecular weight is 502 g/mol. The molecule has 0 aliphatic carbocycles. The Balaban J connectivity index is 1.35. The van der Waals surface area contributed by atoms with Gasteiger partial charge in [0.15, 0.2) is 0 Å². The summed E-state index contributed by atoms with van der Waals surface area (Å²) in [4.78, 5) is 36.3. The molecule has 9 nitrogen and oxygen atoms in total. The molecule has 0 saturated carbocycles. The Hall–Kier alpha value is -3.98. The van der Waals surface area contributed by atoms with Crippen molar-refractivity contribution < 1.29 is 9.59 Å². The largest absolute Gasteiger partial charge is 0.370 e. The number of rotatable bonds is 10. The second-order valence-electron chi connectivity index (χ2n) is 9.15. The number of amides is 3. The van der Waals surface area contributed by atoms with Gasteiger partial charge in [-0.2, -0.15) is 0 Å². The Labute approximate surface area is 218 Å². The van der Waals surface area contributed by atoms with Gasteiger partial charge >= 0.3 is 6.03 Å². The summed E-state index contributed by atoms with van der Waals surface area (Å²) in [6, 6.07) is 15.1. The van der Waals surface area contributed by atoms with Gasteiger partial charge in [-0.1, -0.05) is 18.2 Å². The highest BCUT2D eigenvalue weighted by molar-refractivity contribution is 5.99. The Morgan fingerprint density at radius 1 is 1.08 bits per heavy atom. The Morgan fingerprint density at radius 3 is 2.62 bits per heavy atom. The molecule has 37 heavy (non-hydrogen) atoms. The number of likely N-dealkylation sites (tertiary alicyclic amines) is 1. The van der Waals surface area contributed by atoms with Gasteiger partial charge in [-0.05, 0) is 69.1 Å². The zero-order valence-corrected chi connectivity index (χ0v) is 21.5. The number of nitrogens with one attached hydrogen (secondary N) is 4. The van der Waals surface area contributed by atoms with Gasteiger partial charge < -0.3 is 21.3 Å². The molecule has 4 rings (SSSR count). The SMILES string of the molecule is CCNc1nc(-c2ccc(NC(=O)NCc3cccnc3)cc2)ccc1C(=O)NCCN1CCCC1C. The van der Waals surface area contributed by atoms with Crippen molar-refractivity contribution in [2.45, 2.75) is 39.3 Å².